The van der Waals surface area contributed by atoms with E-state index in [4.69, 9.17) is 4.74 Å². The van der Waals surface area contributed by atoms with Crippen LogP contribution in [0.3, 0.4) is 0 Å². The van der Waals surface area contributed by atoms with Crippen LogP contribution in [0.15, 0.2) is 65.8 Å². The molecule has 2 atom stereocenters. The second kappa shape index (κ2) is 10.5. The SMILES string of the molecule is CC1CCCCC1NC(=O)CSc1nnc(COc2ccccc2)n1-c1ccccc1. The van der Waals surface area contributed by atoms with Crippen molar-refractivity contribution in [1.29, 1.82) is 0 Å². The summed E-state index contributed by atoms with van der Waals surface area (Å²) in [5.74, 6) is 2.37. The van der Waals surface area contributed by atoms with E-state index in [0.29, 0.717) is 22.7 Å². The lowest BCUT2D eigenvalue weighted by Crippen LogP contribution is -2.41. The normalized spacial score (nSPS) is 18.5. The van der Waals surface area contributed by atoms with E-state index in [2.05, 4.69) is 22.4 Å². The van der Waals surface area contributed by atoms with Gasteiger partial charge in [-0.2, -0.15) is 0 Å². The molecule has 1 fully saturated rings. The van der Waals surface area contributed by atoms with Crippen molar-refractivity contribution < 1.29 is 9.53 Å². The Morgan fingerprint density at radius 2 is 1.77 bits per heavy atom. The first-order chi connectivity index (χ1) is 15.2. The number of amides is 1. The number of ether oxygens (including phenoxy) is 1. The molecule has 4 rings (SSSR count). The Labute approximate surface area is 187 Å². The summed E-state index contributed by atoms with van der Waals surface area (Å²) in [6.07, 6.45) is 4.70. The van der Waals surface area contributed by atoms with E-state index < -0.39 is 0 Å². The largest absolute Gasteiger partial charge is 0.486 e. The van der Waals surface area contributed by atoms with Gasteiger partial charge in [0.2, 0.25) is 5.91 Å². The molecule has 0 radical (unpaired) electrons. The van der Waals surface area contributed by atoms with Crippen LogP contribution in [0.25, 0.3) is 5.69 Å². The highest BCUT2D eigenvalue weighted by molar-refractivity contribution is 7.99. The molecule has 1 heterocycles. The van der Waals surface area contributed by atoms with E-state index >= 15 is 0 Å². The molecule has 2 unspecified atom stereocenters. The van der Waals surface area contributed by atoms with Gasteiger partial charge in [-0.05, 0) is 43.0 Å². The second-order valence-electron chi connectivity index (χ2n) is 7.90. The van der Waals surface area contributed by atoms with Crippen LogP contribution in [-0.2, 0) is 11.4 Å². The molecule has 0 spiro atoms. The van der Waals surface area contributed by atoms with Crippen LogP contribution in [0, 0.1) is 5.92 Å². The van der Waals surface area contributed by atoms with Gasteiger partial charge in [0.25, 0.3) is 0 Å². The Morgan fingerprint density at radius 3 is 2.52 bits per heavy atom. The van der Waals surface area contributed by atoms with Gasteiger partial charge >= 0.3 is 0 Å². The summed E-state index contributed by atoms with van der Waals surface area (Å²) in [7, 11) is 0. The molecular formula is C24H28N4O2S. The van der Waals surface area contributed by atoms with Crippen LogP contribution in [-0.4, -0.2) is 32.5 Å². The minimum atomic E-state index is 0.0495. The average molecular weight is 437 g/mol. The zero-order valence-corrected chi connectivity index (χ0v) is 18.6. The van der Waals surface area contributed by atoms with Crippen molar-refractivity contribution in [3.63, 3.8) is 0 Å². The molecular weight excluding hydrogens is 408 g/mol. The lowest BCUT2D eigenvalue weighted by molar-refractivity contribution is -0.119. The number of hydrogen-bond acceptors (Lipinski definition) is 5. The minimum Gasteiger partial charge on any atom is -0.486 e. The maximum absolute atomic E-state index is 12.6. The minimum absolute atomic E-state index is 0.0495. The number of nitrogens with one attached hydrogen (secondary N) is 1. The van der Waals surface area contributed by atoms with E-state index in [1.807, 2.05) is 65.2 Å². The Kier molecular flexibility index (Phi) is 7.25. The monoisotopic (exact) mass is 436 g/mol. The third-order valence-electron chi connectivity index (χ3n) is 5.62. The second-order valence-corrected chi connectivity index (χ2v) is 8.84. The highest BCUT2D eigenvalue weighted by Gasteiger charge is 2.23. The van der Waals surface area contributed by atoms with Crippen LogP contribution < -0.4 is 10.1 Å². The molecule has 6 nitrogen and oxygen atoms in total. The molecule has 1 saturated carbocycles. The fourth-order valence-corrected chi connectivity index (χ4v) is 4.68. The number of benzene rings is 2. The first kappa shape index (κ1) is 21.4. The Hall–Kier alpha value is -2.80. The Morgan fingerprint density at radius 1 is 1.06 bits per heavy atom. The summed E-state index contributed by atoms with van der Waals surface area (Å²) < 4.78 is 7.86. The van der Waals surface area contributed by atoms with Crippen molar-refractivity contribution >= 4 is 17.7 Å². The summed E-state index contributed by atoms with van der Waals surface area (Å²) in [4.78, 5) is 12.6. The van der Waals surface area contributed by atoms with Crippen LogP contribution >= 0.6 is 11.8 Å². The first-order valence-electron chi connectivity index (χ1n) is 10.8. The number of hydrogen-bond donors (Lipinski definition) is 1. The van der Waals surface area contributed by atoms with Gasteiger partial charge in [-0.15, -0.1) is 10.2 Å². The molecule has 1 aliphatic rings. The Bertz CT molecular complexity index is 978. The summed E-state index contributed by atoms with van der Waals surface area (Å²) in [5.41, 5.74) is 0.947. The van der Waals surface area contributed by atoms with Gasteiger partial charge in [-0.3, -0.25) is 9.36 Å². The molecule has 2 aromatic carbocycles. The summed E-state index contributed by atoms with van der Waals surface area (Å²) in [5, 5.41) is 12.6. The molecule has 1 amide bonds. The number of carbonyl (C=O) groups excluding carboxylic acids is 1. The van der Waals surface area contributed by atoms with E-state index in [9.17, 15) is 4.79 Å². The number of aromatic nitrogens is 3. The predicted octanol–water partition coefficient (Wildman–Crippen LogP) is 4.63. The van der Waals surface area contributed by atoms with Gasteiger partial charge in [-0.1, -0.05) is 67.9 Å². The lowest BCUT2D eigenvalue weighted by Gasteiger charge is -2.29. The fraction of sp³-hybridized carbons (Fsp3) is 0.375. The first-order valence-corrected chi connectivity index (χ1v) is 11.8. The van der Waals surface area contributed by atoms with Crippen LogP contribution in [0.5, 0.6) is 5.75 Å². The summed E-state index contributed by atoms with van der Waals surface area (Å²) >= 11 is 1.40. The molecule has 3 aromatic rings. The van der Waals surface area contributed by atoms with Gasteiger partial charge < -0.3 is 10.1 Å². The third-order valence-corrected chi connectivity index (χ3v) is 6.55. The van der Waals surface area contributed by atoms with E-state index in [1.165, 1.54) is 31.0 Å². The number of para-hydroxylation sites is 2. The molecule has 1 aromatic heterocycles. The van der Waals surface area contributed by atoms with E-state index in [-0.39, 0.29) is 18.6 Å². The molecule has 0 bridgehead atoms. The van der Waals surface area contributed by atoms with E-state index in [1.54, 1.807) is 0 Å². The highest BCUT2D eigenvalue weighted by atomic mass is 32.2. The predicted molar refractivity (Wildman–Crippen MR) is 122 cm³/mol. The lowest BCUT2D eigenvalue weighted by atomic mass is 9.86. The van der Waals surface area contributed by atoms with Crippen molar-refractivity contribution in [2.24, 2.45) is 5.92 Å². The van der Waals surface area contributed by atoms with E-state index in [0.717, 1.165) is 17.9 Å². The number of thioether (sulfide) groups is 1. The molecule has 0 aliphatic heterocycles. The fourth-order valence-electron chi connectivity index (χ4n) is 3.90. The zero-order chi connectivity index (χ0) is 21.5. The Balaban J connectivity index is 1.45. The average Bonchev–Trinajstić information content (AvgIpc) is 3.22. The standard InChI is InChI=1S/C24H28N4O2S/c1-18-10-8-9-15-21(18)25-23(29)17-31-24-27-26-22(16-30-20-13-6-3-7-14-20)28(24)19-11-4-2-5-12-19/h2-7,11-14,18,21H,8-10,15-17H2,1H3,(H,25,29). The van der Waals surface area contributed by atoms with Gasteiger partial charge in [0, 0.05) is 11.7 Å². The smallest absolute Gasteiger partial charge is 0.230 e. The maximum Gasteiger partial charge on any atom is 0.230 e. The number of rotatable bonds is 8. The number of carbonyl (C=O) groups is 1. The molecule has 7 heteroatoms. The van der Waals surface area contributed by atoms with Crippen molar-refractivity contribution in [2.75, 3.05) is 5.75 Å². The van der Waals surface area contributed by atoms with Crippen molar-refractivity contribution in [3.05, 3.63) is 66.5 Å². The van der Waals surface area contributed by atoms with Crippen molar-refractivity contribution in [1.82, 2.24) is 20.1 Å². The van der Waals surface area contributed by atoms with Gasteiger partial charge in [0.15, 0.2) is 11.0 Å². The molecule has 162 valence electrons. The quantitative estimate of drug-likeness (QED) is 0.521. The molecule has 31 heavy (non-hydrogen) atoms. The third kappa shape index (κ3) is 5.67. The highest BCUT2D eigenvalue weighted by Crippen LogP contribution is 2.25. The van der Waals surface area contributed by atoms with Gasteiger partial charge in [0.1, 0.15) is 12.4 Å². The zero-order valence-electron chi connectivity index (χ0n) is 17.7. The van der Waals surface area contributed by atoms with Crippen LogP contribution in [0.1, 0.15) is 38.4 Å². The van der Waals surface area contributed by atoms with Crippen molar-refractivity contribution in [3.8, 4) is 11.4 Å². The van der Waals surface area contributed by atoms with Crippen LogP contribution in [0.4, 0.5) is 0 Å². The van der Waals surface area contributed by atoms with Gasteiger partial charge in [-0.25, -0.2) is 0 Å². The molecule has 1 N–H and O–H groups in total. The number of nitrogens with zero attached hydrogens (tertiary/aromatic N) is 3. The molecule has 1 aliphatic carbocycles. The topological polar surface area (TPSA) is 69.0 Å². The summed E-state index contributed by atoms with van der Waals surface area (Å²) in [6, 6.07) is 19.9. The summed E-state index contributed by atoms with van der Waals surface area (Å²) in [6.45, 7) is 2.51. The van der Waals surface area contributed by atoms with Crippen molar-refractivity contribution in [2.45, 2.75) is 50.4 Å². The maximum atomic E-state index is 12.6. The molecule has 0 saturated heterocycles. The van der Waals surface area contributed by atoms with Crippen LogP contribution in [0.2, 0.25) is 0 Å². The van der Waals surface area contributed by atoms with Gasteiger partial charge in [0.05, 0.1) is 5.75 Å².